The molecular weight excluding hydrogens is 693 g/mol. The molecule has 2 aliphatic heterocycles. The number of hydrogen-bond acceptors (Lipinski definition) is 8. The zero-order chi connectivity index (χ0) is 39.0. The predicted molar refractivity (Wildman–Crippen MR) is 206 cm³/mol. The highest BCUT2D eigenvalue weighted by molar-refractivity contribution is 7.39. The van der Waals surface area contributed by atoms with Crippen molar-refractivity contribution in [3.63, 3.8) is 0 Å². The van der Waals surface area contributed by atoms with E-state index in [2.05, 4.69) is 19.2 Å². The maximum atomic E-state index is 14.3. The minimum atomic E-state index is -2.59. The van der Waals surface area contributed by atoms with Crippen molar-refractivity contribution in [3.05, 3.63) is 35.9 Å². The molecule has 296 valence electrons. The zero-order valence-electron chi connectivity index (χ0n) is 33.2. The van der Waals surface area contributed by atoms with E-state index in [-0.39, 0.29) is 66.6 Å². The molecule has 1 aromatic carbocycles. The van der Waals surface area contributed by atoms with Gasteiger partial charge in [0.15, 0.2) is 11.4 Å². The lowest BCUT2D eigenvalue weighted by atomic mass is 9.83. The number of amides is 2. The summed E-state index contributed by atoms with van der Waals surface area (Å²) < 4.78 is 24.3. The molecule has 3 aliphatic rings. The number of nitrogens with zero attached hydrogens (tertiary/aromatic N) is 2. The van der Waals surface area contributed by atoms with Gasteiger partial charge in [-0.05, 0) is 60.0 Å². The van der Waals surface area contributed by atoms with Crippen molar-refractivity contribution in [2.45, 2.75) is 141 Å². The van der Waals surface area contributed by atoms with Gasteiger partial charge in [0, 0.05) is 58.5 Å². The maximum absolute atomic E-state index is 14.3. The van der Waals surface area contributed by atoms with Crippen LogP contribution in [0.2, 0.25) is 0 Å². The van der Waals surface area contributed by atoms with Crippen molar-refractivity contribution < 1.29 is 38.1 Å². The van der Waals surface area contributed by atoms with Crippen molar-refractivity contribution in [2.75, 3.05) is 27.8 Å². The van der Waals surface area contributed by atoms with Gasteiger partial charge in [0.2, 0.25) is 11.8 Å². The molecule has 2 bridgehead atoms. The molecule has 1 aromatic rings. The summed E-state index contributed by atoms with van der Waals surface area (Å²) in [5.41, 5.74) is 0.173. The molecule has 0 spiro atoms. The highest BCUT2D eigenvalue weighted by Crippen LogP contribution is 2.38. The van der Waals surface area contributed by atoms with Gasteiger partial charge in [0.1, 0.15) is 5.78 Å². The molecule has 11 nitrogen and oxygen atoms in total. The van der Waals surface area contributed by atoms with Crippen LogP contribution in [0.15, 0.2) is 30.3 Å². The van der Waals surface area contributed by atoms with Crippen LogP contribution in [0.3, 0.4) is 0 Å². The highest BCUT2D eigenvalue weighted by Gasteiger charge is 2.46. The Morgan fingerprint density at radius 3 is 2.25 bits per heavy atom. The minimum Gasteiger partial charge on any atom is -0.379 e. The Morgan fingerprint density at radius 1 is 1.00 bits per heavy atom. The molecule has 4 rings (SSSR count). The molecule has 1 unspecified atom stereocenters. The van der Waals surface area contributed by atoms with Crippen molar-refractivity contribution in [2.24, 2.45) is 29.6 Å². The molecule has 2 N–H and O–H groups in total. The number of fused-ring (bicyclic) bond motifs is 2. The van der Waals surface area contributed by atoms with Crippen molar-refractivity contribution in [1.29, 1.82) is 0 Å². The molecule has 12 heteroatoms. The summed E-state index contributed by atoms with van der Waals surface area (Å²) in [5.74, 6) is -1.03. The normalized spacial score (nSPS) is 25.4. The topological polar surface area (TPSA) is 143 Å². The lowest BCUT2D eigenvalue weighted by Crippen LogP contribution is -2.54. The Morgan fingerprint density at radius 2 is 1.70 bits per heavy atom. The lowest BCUT2D eigenvalue weighted by molar-refractivity contribution is -0.149. The fourth-order valence-electron chi connectivity index (χ4n) is 9.30. The van der Waals surface area contributed by atoms with Crippen LogP contribution in [-0.2, 0) is 39.6 Å². The van der Waals surface area contributed by atoms with E-state index in [9.17, 15) is 28.6 Å². The molecule has 12 atom stereocenters. The first-order valence-corrected chi connectivity index (χ1v) is 21.1. The van der Waals surface area contributed by atoms with Crippen molar-refractivity contribution in [3.8, 4) is 0 Å². The van der Waals surface area contributed by atoms with Crippen LogP contribution < -0.4 is 5.32 Å². The second kappa shape index (κ2) is 19.9. The van der Waals surface area contributed by atoms with Crippen LogP contribution >= 0.6 is 8.03 Å². The molecule has 0 aromatic heterocycles. The number of likely N-dealkylation sites (tertiary alicyclic amines) is 1. The van der Waals surface area contributed by atoms with Crippen LogP contribution in [0.25, 0.3) is 0 Å². The summed E-state index contributed by atoms with van der Waals surface area (Å²) in [4.78, 5) is 69.2. The third-order valence-corrected chi connectivity index (χ3v) is 13.7. The van der Waals surface area contributed by atoms with Crippen molar-refractivity contribution >= 4 is 31.4 Å². The van der Waals surface area contributed by atoms with Crippen LogP contribution in [0.4, 0.5) is 0 Å². The van der Waals surface area contributed by atoms with E-state index in [0.29, 0.717) is 31.3 Å². The summed E-state index contributed by atoms with van der Waals surface area (Å²) in [5, 5.41) is 3.49. The Balaban J connectivity index is 1.45. The van der Waals surface area contributed by atoms with Gasteiger partial charge < -0.3 is 24.6 Å². The standard InChI is InChI=1S/C41H64N3O8P/c1-9-26(4)39(43(6)41(48)32(25(2)3)23-35(46)38-29-17-18-30(21-29)42-38)36(51-7)24-37(47)44-19-13-16-33(44)40(52-8)27(5)34(45)22-31(53(49)50)20-28-14-11-10-12-15-28/h10-12,14-15,25-27,29-33,36,38-40,42H,9,13,16-24H2,1-8H3/p+1/t26-,27-,29-,30+,31+,32-,33-,36+,38-,39-,40+/m0/s1. The monoisotopic (exact) mass is 758 g/mol. The number of ether oxygens (including phenoxy) is 2. The largest absolute Gasteiger partial charge is 0.509 e. The molecule has 53 heavy (non-hydrogen) atoms. The first-order valence-electron chi connectivity index (χ1n) is 19.8. The quantitative estimate of drug-likeness (QED) is 0.154. The number of carbonyl (C=O) groups excluding carboxylic acids is 4. The fraction of sp³-hybridized carbons (Fsp3) is 0.756. The first kappa shape index (κ1) is 43.2. The second-order valence-corrected chi connectivity index (χ2v) is 17.7. The Bertz CT molecular complexity index is 1410. The molecule has 2 saturated heterocycles. The molecule has 2 heterocycles. The number of ketones is 2. The Hall–Kier alpha value is -2.56. The number of rotatable bonds is 21. The molecular formula is C41H65N3O8P+. The molecule has 0 radical (unpaired) electrons. The average Bonchev–Trinajstić information content (AvgIpc) is 3.92. The van der Waals surface area contributed by atoms with Gasteiger partial charge in [-0.1, -0.05) is 71.4 Å². The summed E-state index contributed by atoms with van der Waals surface area (Å²) in [6.45, 7) is 10.4. The van der Waals surface area contributed by atoms with Gasteiger partial charge in [-0.2, -0.15) is 4.89 Å². The number of Topliss-reactive ketones (excluding diaryl/α,β-unsaturated/α-hetero) is 2. The minimum absolute atomic E-state index is 0.0121. The zero-order valence-corrected chi connectivity index (χ0v) is 34.1. The van der Waals surface area contributed by atoms with Gasteiger partial charge in [-0.25, -0.2) is 0 Å². The lowest BCUT2D eigenvalue weighted by Gasteiger charge is -2.41. The number of piperidine rings is 1. The van der Waals surface area contributed by atoms with E-state index in [4.69, 9.17) is 9.47 Å². The van der Waals surface area contributed by atoms with Gasteiger partial charge in [-0.3, -0.25) is 19.2 Å². The van der Waals surface area contributed by atoms with Crippen LogP contribution in [-0.4, -0.2) is 108 Å². The van der Waals surface area contributed by atoms with Crippen molar-refractivity contribution in [1.82, 2.24) is 15.1 Å². The fourth-order valence-corrected chi connectivity index (χ4v) is 10.0. The number of nitrogens with one attached hydrogen (secondary N) is 1. The third-order valence-electron chi connectivity index (χ3n) is 12.7. The van der Waals surface area contributed by atoms with Gasteiger partial charge >= 0.3 is 8.03 Å². The van der Waals surface area contributed by atoms with Gasteiger partial charge in [0.05, 0.1) is 43.2 Å². The maximum Gasteiger partial charge on any atom is 0.509 e. The van der Waals surface area contributed by atoms with Crippen LogP contribution in [0.1, 0.15) is 98.0 Å². The number of hydrogen-bond donors (Lipinski definition) is 2. The van der Waals surface area contributed by atoms with E-state index in [1.807, 2.05) is 44.2 Å². The van der Waals surface area contributed by atoms with E-state index in [1.165, 1.54) is 0 Å². The molecule has 3 fully saturated rings. The number of likely N-dealkylation sites (N-methyl/N-ethyl adjacent to an activating group) is 1. The summed E-state index contributed by atoms with van der Waals surface area (Å²) in [7, 11) is 2.32. The smallest absolute Gasteiger partial charge is 0.379 e. The van der Waals surface area contributed by atoms with E-state index >= 15 is 0 Å². The Kier molecular flexibility index (Phi) is 16.2. The van der Waals surface area contributed by atoms with Gasteiger partial charge in [-0.15, -0.1) is 0 Å². The summed E-state index contributed by atoms with van der Waals surface area (Å²) in [6.07, 6.45) is 4.70. The van der Waals surface area contributed by atoms with Crippen LogP contribution in [0.5, 0.6) is 0 Å². The second-order valence-electron chi connectivity index (χ2n) is 16.3. The number of carbonyl (C=O) groups is 4. The average molecular weight is 759 g/mol. The SMILES string of the molecule is CC[C@H](C)[C@@H]([C@@H](CC(=O)N1CCC[C@H]1[C@H](OC)[C@@H](C)C(=O)C[C@@H](Cc1ccccc1)[P+](=O)O)OC)N(C)C(=O)[C@@H](CC(=O)[C@H]1N[C@@H]2CC[C@H]1C2)C(C)C. The van der Waals surface area contributed by atoms with E-state index < -0.39 is 43.8 Å². The molecule has 1 aliphatic carbocycles. The Labute approximate surface area is 318 Å². The summed E-state index contributed by atoms with van der Waals surface area (Å²) >= 11 is 0. The van der Waals surface area contributed by atoms with Gasteiger partial charge in [0.25, 0.3) is 0 Å². The predicted octanol–water partition coefficient (Wildman–Crippen LogP) is 5.58. The van der Waals surface area contributed by atoms with E-state index in [0.717, 1.165) is 37.7 Å². The highest BCUT2D eigenvalue weighted by atomic mass is 31.1. The third kappa shape index (κ3) is 10.6. The van der Waals surface area contributed by atoms with E-state index in [1.54, 1.807) is 38.0 Å². The summed E-state index contributed by atoms with van der Waals surface area (Å²) in [6, 6.07) is 8.87. The number of benzene rings is 1. The first-order chi connectivity index (χ1) is 25.2. The number of methoxy groups -OCH3 is 2. The molecule has 2 amide bonds. The van der Waals surface area contributed by atoms with Crippen LogP contribution in [0, 0.1) is 29.6 Å². The molecule has 1 saturated carbocycles.